The van der Waals surface area contributed by atoms with Crippen molar-refractivity contribution < 1.29 is 4.79 Å². The van der Waals surface area contributed by atoms with E-state index in [-0.39, 0.29) is 11.3 Å². The van der Waals surface area contributed by atoms with Crippen molar-refractivity contribution in [1.82, 2.24) is 5.32 Å². The van der Waals surface area contributed by atoms with Gasteiger partial charge in [-0.1, -0.05) is 12.5 Å². The smallest absolute Gasteiger partial charge is 0.257 e. The molecule has 0 saturated heterocycles. The second-order valence-corrected chi connectivity index (χ2v) is 5.58. The van der Waals surface area contributed by atoms with Crippen molar-refractivity contribution in [2.45, 2.75) is 29.9 Å². The van der Waals surface area contributed by atoms with Crippen LogP contribution >= 0.6 is 23.4 Å². The summed E-state index contributed by atoms with van der Waals surface area (Å²) in [5.74, 6) is 0.553. The van der Waals surface area contributed by atoms with Crippen LogP contribution in [-0.4, -0.2) is 23.6 Å². The number of hydrogen-bond acceptors (Lipinski definition) is 2. The lowest BCUT2D eigenvalue weighted by Gasteiger charge is -2.28. The third-order valence-electron chi connectivity index (χ3n) is 2.88. The van der Waals surface area contributed by atoms with Gasteiger partial charge in [0.25, 0.3) is 5.91 Å². The molecule has 1 aliphatic carbocycles. The molecule has 1 amide bonds. The summed E-state index contributed by atoms with van der Waals surface area (Å²) in [5, 5.41) is 3.32. The number of hydrogen-bond donors (Lipinski definition) is 1. The van der Waals surface area contributed by atoms with Crippen LogP contribution in [0.1, 0.15) is 19.3 Å². The number of allylic oxidation sites excluding steroid dienone is 1. The number of alkyl halides is 1. The van der Waals surface area contributed by atoms with Crippen molar-refractivity contribution in [2.75, 3.05) is 7.05 Å². The maximum atomic E-state index is 11.4. The van der Waals surface area contributed by atoms with E-state index in [1.54, 1.807) is 18.8 Å². The first-order valence-electron chi connectivity index (χ1n) is 4.97. The third kappa shape index (κ3) is 1.80. The Labute approximate surface area is 93.5 Å². The number of fused-ring (bicyclic) bond motifs is 1. The van der Waals surface area contributed by atoms with Crippen LogP contribution in [0.2, 0.25) is 0 Å². The van der Waals surface area contributed by atoms with Crippen molar-refractivity contribution in [3.05, 3.63) is 11.0 Å². The summed E-state index contributed by atoms with van der Waals surface area (Å²) in [4.78, 5) is 12.3. The minimum Gasteiger partial charge on any atom is -0.355 e. The number of carbonyl (C=O) groups excluding carboxylic acids is 1. The predicted molar refractivity (Wildman–Crippen MR) is 60.5 cm³/mol. The van der Waals surface area contributed by atoms with Gasteiger partial charge in [0.2, 0.25) is 0 Å². The average molecular weight is 232 g/mol. The molecule has 4 heteroatoms. The maximum Gasteiger partial charge on any atom is 0.257 e. The normalized spacial score (nSPS) is 36.1. The third-order valence-corrected chi connectivity index (χ3v) is 5.04. The van der Waals surface area contributed by atoms with Crippen molar-refractivity contribution in [1.29, 1.82) is 0 Å². The van der Waals surface area contributed by atoms with Crippen LogP contribution in [0.25, 0.3) is 0 Å². The molecule has 14 heavy (non-hydrogen) atoms. The van der Waals surface area contributed by atoms with Crippen LogP contribution in [0.5, 0.6) is 0 Å². The molecule has 0 aromatic carbocycles. The van der Waals surface area contributed by atoms with Crippen molar-refractivity contribution in [2.24, 2.45) is 5.92 Å². The van der Waals surface area contributed by atoms with Crippen LogP contribution in [0.4, 0.5) is 0 Å². The fraction of sp³-hybridized carbons (Fsp3) is 0.700. The van der Waals surface area contributed by atoms with Gasteiger partial charge in [0.05, 0.1) is 4.91 Å². The number of halogens is 1. The van der Waals surface area contributed by atoms with Gasteiger partial charge in [-0.25, -0.2) is 0 Å². The quantitative estimate of drug-likeness (QED) is 0.701. The minimum absolute atomic E-state index is 0.0354. The van der Waals surface area contributed by atoms with Gasteiger partial charge in [-0.05, 0) is 18.8 Å². The van der Waals surface area contributed by atoms with Gasteiger partial charge in [-0.15, -0.1) is 23.4 Å². The molecule has 3 unspecified atom stereocenters. The highest BCUT2D eigenvalue weighted by atomic mass is 35.5. The van der Waals surface area contributed by atoms with Crippen molar-refractivity contribution >= 4 is 29.3 Å². The zero-order valence-corrected chi connectivity index (χ0v) is 9.70. The molecule has 1 N–H and O–H groups in total. The summed E-state index contributed by atoms with van der Waals surface area (Å²) in [5.41, 5.74) is 0. The molecule has 0 aromatic rings. The fourth-order valence-electron chi connectivity index (χ4n) is 2.12. The molecule has 2 nitrogen and oxygen atoms in total. The molecule has 1 fully saturated rings. The second-order valence-electron chi connectivity index (χ2n) is 3.80. The lowest BCUT2D eigenvalue weighted by molar-refractivity contribution is -0.116. The van der Waals surface area contributed by atoms with Crippen LogP contribution in [0, 0.1) is 5.92 Å². The summed E-state index contributed by atoms with van der Waals surface area (Å²) in [6, 6.07) is 0. The Morgan fingerprint density at radius 1 is 1.64 bits per heavy atom. The maximum absolute atomic E-state index is 11.4. The Bertz CT molecular complexity index is 279. The first-order chi connectivity index (χ1) is 6.72. The van der Waals surface area contributed by atoms with E-state index < -0.39 is 0 Å². The first-order valence-corrected chi connectivity index (χ1v) is 6.28. The lowest BCUT2D eigenvalue weighted by atomic mass is 9.88. The molecule has 0 spiro atoms. The zero-order chi connectivity index (χ0) is 10.1. The summed E-state index contributed by atoms with van der Waals surface area (Å²) < 4.78 is 0. The standard InChI is InChI=1S/C10H14ClNOS/c1-12-10(13)8-5-6-3-2-4-7(11)9(6)14-8/h5-7,9H,2-4H2,1H3,(H,12,13). The van der Waals surface area contributed by atoms with Crippen molar-refractivity contribution in [3.8, 4) is 0 Å². The van der Waals surface area contributed by atoms with Gasteiger partial charge in [-0.3, -0.25) is 4.79 Å². The summed E-state index contributed by atoms with van der Waals surface area (Å²) in [6.45, 7) is 0. The number of carbonyl (C=O) groups is 1. The van der Waals surface area contributed by atoms with Crippen molar-refractivity contribution in [3.63, 3.8) is 0 Å². The largest absolute Gasteiger partial charge is 0.355 e. The average Bonchev–Trinajstić information content (AvgIpc) is 2.62. The molecular weight excluding hydrogens is 218 g/mol. The predicted octanol–water partition coefficient (Wildman–Crippen LogP) is 2.14. The van der Waals surface area contributed by atoms with Crippen LogP contribution < -0.4 is 5.32 Å². The molecule has 1 saturated carbocycles. The highest BCUT2D eigenvalue weighted by Gasteiger charge is 2.37. The van der Waals surface area contributed by atoms with Gasteiger partial charge in [0.15, 0.2) is 0 Å². The molecule has 78 valence electrons. The van der Waals surface area contributed by atoms with E-state index >= 15 is 0 Å². The van der Waals surface area contributed by atoms with Gasteiger partial charge in [0, 0.05) is 17.7 Å². The Kier molecular flexibility index (Phi) is 3.07. The molecule has 0 bridgehead atoms. The van der Waals surface area contributed by atoms with Gasteiger partial charge < -0.3 is 5.32 Å². The highest BCUT2D eigenvalue weighted by molar-refractivity contribution is 8.05. The van der Waals surface area contributed by atoms with E-state index in [1.165, 1.54) is 12.8 Å². The molecule has 3 atom stereocenters. The van der Waals surface area contributed by atoms with Crippen LogP contribution in [0.3, 0.4) is 0 Å². The Hall–Kier alpha value is -0.150. The minimum atomic E-state index is 0.0354. The van der Waals surface area contributed by atoms with E-state index in [0.29, 0.717) is 11.2 Å². The van der Waals surface area contributed by atoms with Gasteiger partial charge >= 0.3 is 0 Å². The SMILES string of the molecule is CNC(=O)C1=CC2CCCC(Cl)C2S1. The summed E-state index contributed by atoms with van der Waals surface area (Å²) >= 11 is 7.90. The Morgan fingerprint density at radius 2 is 2.43 bits per heavy atom. The summed E-state index contributed by atoms with van der Waals surface area (Å²) in [7, 11) is 1.67. The molecule has 0 radical (unpaired) electrons. The number of nitrogens with one attached hydrogen (secondary N) is 1. The Morgan fingerprint density at radius 3 is 3.07 bits per heavy atom. The molecule has 2 aliphatic rings. The number of amides is 1. The topological polar surface area (TPSA) is 29.1 Å². The highest BCUT2D eigenvalue weighted by Crippen LogP contribution is 2.46. The van der Waals surface area contributed by atoms with Crippen LogP contribution in [0.15, 0.2) is 11.0 Å². The molecular formula is C10H14ClNOS. The van der Waals surface area contributed by atoms with E-state index in [0.717, 1.165) is 11.3 Å². The van der Waals surface area contributed by atoms with Gasteiger partial charge in [-0.2, -0.15) is 0 Å². The molecule has 1 heterocycles. The molecule has 0 aromatic heterocycles. The number of rotatable bonds is 1. The van der Waals surface area contributed by atoms with Gasteiger partial charge in [0.1, 0.15) is 0 Å². The first kappa shape index (κ1) is 10.4. The van der Waals surface area contributed by atoms with E-state index in [9.17, 15) is 4.79 Å². The van der Waals surface area contributed by atoms with E-state index in [2.05, 4.69) is 11.4 Å². The molecule has 2 rings (SSSR count). The lowest BCUT2D eigenvalue weighted by Crippen LogP contribution is -2.27. The fourth-order valence-corrected chi connectivity index (χ4v) is 4.04. The van der Waals surface area contributed by atoms with Crippen LogP contribution in [-0.2, 0) is 4.79 Å². The Balaban J connectivity index is 2.09. The molecule has 1 aliphatic heterocycles. The second kappa shape index (κ2) is 4.15. The monoisotopic (exact) mass is 231 g/mol. The number of likely N-dealkylation sites (N-methyl/N-ethyl adjacent to an activating group) is 1. The van der Waals surface area contributed by atoms with E-state index in [1.807, 2.05) is 0 Å². The number of thioether (sulfide) groups is 1. The summed E-state index contributed by atoms with van der Waals surface area (Å²) in [6.07, 6.45) is 5.56. The zero-order valence-electron chi connectivity index (χ0n) is 8.13. The van der Waals surface area contributed by atoms with E-state index in [4.69, 9.17) is 11.6 Å².